The van der Waals surface area contributed by atoms with Crippen LogP contribution in [0.15, 0.2) is 24.3 Å². The SMILES string of the molecule is COc1cccc(C(CNS(=O)(=O)N(C)C)N(C)C)c1. The summed E-state index contributed by atoms with van der Waals surface area (Å²) in [5.41, 5.74) is 0.996. The molecule has 0 saturated carbocycles. The molecule has 7 heteroatoms. The maximum atomic E-state index is 11.8. The van der Waals surface area contributed by atoms with Gasteiger partial charge in [-0.1, -0.05) is 12.1 Å². The van der Waals surface area contributed by atoms with Gasteiger partial charge in [0.05, 0.1) is 7.11 Å². The summed E-state index contributed by atoms with van der Waals surface area (Å²) in [4.78, 5) is 1.97. The zero-order valence-corrected chi connectivity index (χ0v) is 13.4. The summed E-state index contributed by atoms with van der Waals surface area (Å²) in [6.45, 7) is 0.292. The largest absolute Gasteiger partial charge is 0.497 e. The number of likely N-dealkylation sites (N-methyl/N-ethyl adjacent to an activating group) is 1. The molecule has 0 aliphatic rings. The molecule has 1 aromatic rings. The normalized spacial score (nSPS) is 13.8. The van der Waals surface area contributed by atoms with Crippen LogP contribution in [-0.4, -0.2) is 59.5 Å². The highest BCUT2D eigenvalue weighted by Gasteiger charge is 2.19. The highest BCUT2D eigenvalue weighted by atomic mass is 32.2. The van der Waals surface area contributed by atoms with E-state index in [1.54, 1.807) is 7.11 Å². The molecule has 0 amide bonds. The van der Waals surface area contributed by atoms with Crippen molar-refractivity contribution in [2.45, 2.75) is 6.04 Å². The van der Waals surface area contributed by atoms with Gasteiger partial charge in [-0.3, -0.25) is 0 Å². The predicted octanol–water partition coefficient (Wildman–Crippen LogP) is 0.694. The van der Waals surface area contributed by atoms with Crippen LogP contribution in [0.3, 0.4) is 0 Å². The van der Waals surface area contributed by atoms with Crippen molar-refractivity contribution in [2.75, 3.05) is 41.8 Å². The first-order chi connectivity index (χ1) is 9.27. The molecule has 0 fully saturated rings. The summed E-state index contributed by atoms with van der Waals surface area (Å²) in [7, 11) is 5.00. The lowest BCUT2D eigenvalue weighted by atomic mass is 10.1. The second-order valence-corrected chi connectivity index (χ2v) is 6.86. The molecule has 0 spiro atoms. The number of ether oxygens (including phenoxy) is 1. The van der Waals surface area contributed by atoms with Gasteiger partial charge in [0.25, 0.3) is 10.2 Å². The minimum atomic E-state index is -3.43. The van der Waals surface area contributed by atoms with E-state index in [1.165, 1.54) is 14.1 Å². The molecule has 20 heavy (non-hydrogen) atoms. The van der Waals surface area contributed by atoms with E-state index in [0.717, 1.165) is 15.6 Å². The van der Waals surface area contributed by atoms with Gasteiger partial charge in [-0.2, -0.15) is 12.7 Å². The number of benzene rings is 1. The Balaban J connectivity index is 2.90. The molecule has 0 aliphatic carbocycles. The Hall–Kier alpha value is -1.15. The Morgan fingerprint density at radius 3 is 2.40 bits per heavy atom. The average Bonchev–Trinajstić information content (AvgIpc) is 2.38. The minimum Gasteiger partial charge on any atom is -0.497 e. The summed E-state index contributed by atoms with van der Waals surface area (Å²) in [6.07, 6.45) is 0. The van der Waals surface area contributed by atoms with Crippen LogP contribution in [-0.2, 0) is 10.2 Å². The van der Waals surface area contributed by atoms with E-state index in [9.17, 15) is 8.42 Å². The molecule has 6 nitrogen and oxygen atoms in total. The number of hydrogen-bond donors (Lipinski definition) is 1. The van der Waals surface area contributed by atoms with Crippen molar-refractivity contribution in [3.63, 3.8) is 0 Å². The van der Waals surface area contributed by atoms with Crippen LogP contribution in [0.5, 0.6) is 5.75 Å². The lowest BCUT2D eigenvalue weighted by Crippen LogP contribution is -2.40. The van der Waals surface area contributed by atoms with Gasteiger partial charge in [0.15, 0.2) is 0 Å². The molecule has 0 aliphatic heterocycles. The average molecular weight is 301 g/mol. The Labute approximate surface area is 121 Å². The number of rotatable bonds is 7. The summed E-state index contributed by atoms with van der Waals surface area (Å²) < 4.78 is 32.5. The number of hydrogen-bond acceptors (Lipinski definition) is 4. The maximum Gasteiger partial charge on any atom is 0.278 e. The topological polar surface area (TPSA) is 61.9 Å². The monoisotopic (exact) mass is 301 g/mol. The molecule has 0 heterocycles. The Bertz CT molecular complexity index is 529. The van der Waals surface area contributed by atoms with E-state index in [-0.39, 0.29) is 6.04 Å². The molecule has 1 aromatic carbocycles. The molecule has 1 unspecified atom stereocenters. The first-order valence-corrected chi connectivity index (χ1v) is 7.69. The minimum absolute atomic E-state index is 0.0696. The van der Waals surface area contributed by atoms with Gasteiger partial charge >= 0.3 is 0 Å². The summed E-state index contributed by atoms with van der Waals surface area (Å²) >= 11 is 0. The van der Waals surface area contributed by atoms with Crippen molar-refractivity contribution < 1.29 is 13.2 Å². The van der Waals surface area contributed by atoms with Crippen LogP contribution in [0, 0.1) is 0 Å². The van der Waals surface area contributed by atoms with Crippen LogP contribution < -0.4 is 9.46 Å². The standard InChI is InChI=1S/C13H23N3O3S/c1-15(2)13(10-14-20(17,18)16(3)4)11-7-6-8-12(9-11)19-5/h6-9,13-14H,10H2,1-5H3. The van der Waals surface area contributed by atoms with E-state index < -0.39 is 10.2 Å². The summed E-state index contributed by atoms with van der Waals surface area (Å²) in [5, 5.41) is 0. The lowest BCUT2D eigenvalue weighted by Gasteiger charge is -2.26. The Morgan fingerprint density at radius 1 is 1.25 bits per heavy atom. The van der Waals surface area contributed by atoms with Crippen molar-refractivity contribution in [1.29, 1.82) is 0 Å². The second kappa shape index (κ2) is 7.03. The molecular formula is C13H23N3O3S. The Kier molecular flexibility index (Phi) is 5.94. The smallest absolute Gasteiger partial charge is 0.278 e. The highest BCUT2D eigenvalue weighted by Crippen LogP contribution is 2.22. The fourth-order valence-electron chi connectivity index (χ4n) is 1.76. The molecule has 0 saturated heterocycles. The molecule has 1 N–H and O–H groups in total. The number of nitrogens with zero attached hydrogens (tertiary/aromatic N) is 2. The first kappa shape index (κ1) is 16.9. The van der Waals surface area contributed by atoms with E-state index in [2.05, 4.69) is 4.72 Å². The van der Waals surface area contributed by atoms with Gasteiger partial charge in [-0.25, -0.2) is 4.72 Å². The van der Waals surface area contributed by atoms with Crippen molar-refractivity contribution in [3.05, 3.63) is 29.8 Å². The van der Waals surface area contributed by atoms with Crippen molar-refractivity contribution in [3.8, 4) is 5.75 Å². The maximum absolute atomic E-state index is 11.8. The fraction of sp³-hybridized carbons (Fsp3) is 0.538. The zero-order valence-electron chi connectivity index (χ0n) is 12.6. The van der Waals surface area contributed by atoms with Gasteiger partial charge in [0.1, 0.15) is 5.75 Å². The van der Waals surface area contributed by atoms with Crippen LogP contribution in [0.4, 0.5) is 0 Å². The third-order valence-electron chi connectivity index (χ3n) is 3.04. The third-order valence-corrected chi connectivity index (χ3v) is 4.53. The summed E-state index contributed by atoms with van der Waals surface area (Å²) in [5.74, 6) is 0.754. The second-order valence-electron chi connectivity index (χ2n) is 4.89. The summed E-state index contributed by atoms with van der Waals surface area (Å²) in [6, 6.07) is 7.55. The molecule has 0 radical (unpaired) electrons. The van der Waals surface area contributed by atoms with Crippen molar-refractivity contribution >= 4 is 10.2 Å². The van der Waals surface area contributed by atoms with Gasteiger partial charge in [-0.15, -0.1) is 0 Å². The highest BCUT2D eigenvalue weighted by molar-refractivity contribution is 7.87. The van der Waals surface area contributed by atoms with Crippen molar-refractivity contribution in [2.24, 2.45) is 0 Å². The van der Waals surface area contributed by atoms with Gasteiger partial charge in [0, 0.05) is 26.7 Å². The van der Waals surface area contributed by atoms with Gasteiger partial charge in [-0.05, 0) is 31.8 Å². The lowest BCUT2D eigenvalue weighted by molar-refractivity contribution is 0.297. The molecular weight excluding hydrogens is 278 g/mol. The first-order valence-electron chi connectivity index (χ1n) is 6.25. The fourth-order valence-corrected chi connectivity index (χ4v) is 2.39. The van der Waals surface area contributed by atoms with E-state index in [0.29, 0.717) is 6.54 Å². The van der Waals surface area contributed by atoms with E-state index in [1.807, 2.05) is 43.3 Å². The molecule has 114 valence electrons. The third kappa shape index (κ3) is 4.45. The van der Waals surface area contributed by atoms with E-state index in [4.69, 9.17) is 4.74 Å². The predicted molar refractivity (Wildman–Crippen MR) is 80.0 cm³/mol. The van der Waals surface area contributed by atoms with Gasteiger partial charge < -0.3 is 9.64 Å². The van der Waals surface area contributed by atoms with Crippen molar-refractivity contribution in [1.82, 2.24) is 13.9 Å². The van der Waals surface area contributed by atoms with Crippen LogP contribution in [0.2, 0.25) is 0 Å². The van der Waals surface area contributed by atoms with Gasteiger partial charge in [0.2, 0.25) is 0 Å². The number of nitrogens with one attached hydrogen (secondary N) is 1. The molecule has 0 bridgehead atoms. The molecule has 0 aromatic heterocycles. The molecule has 1 atom stereocenters. The number of methoxy groups -OCH3 is 1. The van der Waals surface area contributed by atoms with Crippen LogP contribution >= 0.6 is 0 Å². The molecule has 1 rings (SSSR count). The zero-order chi connectivity index (χ0) is 15.3. The van der Waals surface area contributed by atoms with Crippen LogP contribution in [0.1, 0.15) is 11.6 Å². The van der Waals surface area contributed by atoms with E-state index >= 15 is 0 Å². The Morgan fingerprint density at radius 2 is 1.90 bits per heavy atom. The van der Waals surface area contributed by atoms with Crippen LogP contribution in [0.25, 0.3) is 0 Å². The quantitative estimate of drug-likeness (QED) is 0.805.